The van der Waals surface area contributed by atoms with E-state index in [0.29, 0.717) is 5.56 Å². The molecule has 0 radical (unpaired) electrons. The predicted octanol–water partition coefficient (Wildman–Crippen LogP) is 4.67. The Labute approximate surface area is 117 Å². The molecule has 0 aliphatic heterocycles. The molecule has 1 nitrogen and oxygen atoms in total. The van der Waals surface area contributed by atoms with Crippen LogP contribution in [0, 0.1) is 11.3 Å². The Morgan fingerprint density at radius 1 is 0.842 bits per heavy atom. The summed E-state index contributed by atoms with van der Waals surface area (Å²) in [6, 6.07) is 22.2. The fraction of sp³-hybridized carbons (Fsp3) is 0. The molecule has 0 unspecified atom stereocenters. The molecule has 0 bridgehead atoms. The van der Waals surface area contributed by atoms with Crippen molar-refractivity contribution in [2.24, 2.45) is 0 Å². The van der Waals surface area contributed by atoms with Gasteiger partial charge in [0.05, 0.1) is 11.6 Å². The lowest BCUT2D eigenvalue weighted by Gasteiger charge is -2.06. The van der Waals surface area contributed by atoms with Gasteiger partial charge in [0.2, 0.25) is 0 Å². The van der Waals surface area contributed by atoms with Gasteiger partial charge in [-0.3, -0.25) is 0 Å². The zero-order chi connectivity index (χ0) is 13.2. The Kier molecular flexibility index (Phi) is 2.98. The average Bonchev–Trinajstić information content (AvgIpc) is 2.47. The zero-order valence-corrected chi connectivity index (χ0v) is 11.1. The number of hydrogen-bond donors (Lipinski definition) is 1. The zero-order valence-electron chi connectivity index (χ0n) is 10.2. The summed E-state index contributed by atoms with van der Waals surface area (Å²) in [4.78, 5) is 0.990. The minimum atomic E-state index is 0.683. The largest absolute Gasteiger partial charge is 0.192 e. The number of fused-ring (bicyclic) bond motifs is 1. The minimum Gasteiger partial charge on any atom is -0.192 e. The van der Waals surface area contributed by atoms with Crippen molar-refractivity contribution in [3.63, 3.8) is 0 Å². The average molecular weight is 261 g/mol. The fourth-order valence-electron chi connectivity index (χ4n) is 2.18. The van der Waals surface area contributed by atoms with Gasteiger partial charge in [-0.15, -0.1) is 12.6 Å². The van der Waals surface area contributed by atoms with Crippen LogP contribution < -0.4 is 0 Å². The van der Waals surface area contributed by atoms with E-state index < -0.39 is 0 Å². The van der Waals surface area contributed by atoms with E-state index in [0.717, 1.165) is 21.4 Å². The molecule has 0 heterocycles. The lowest BCUT2D eigenvalue weighted by Crippen LogP contribution is -1.81. The highest BCUT2D eigenvalue weighted by Crippen LogP contribution is 2.27. The van der Waals surface area contributed by atoms with E-state index in [1.54, 1.807) is 0 Å². The number of hydrogen-bond acceptors (Lipinski definition) is 2. The van der Waals surface area contributed by atoms with Crippen molar-refractivity contribution < 1.29 is 0 Å². The van der Waals surface area contributed by atoms with Gasteiger partial charge in [-0.05, 0) is 46.2 Å². The van der Waals surface area contributed by atoms with Crippen molar-refractivity contribution >= 4 is 23.4 Å². The predicted molar refractivity (Wildman–Crippen MR) is 81.4 cm³/mol. The second-order valence-corrected chi connectivity index (χ2v) is 4.88. The second-order valence-electron chi connectivity index (χ2n) is 4.40. The molecule has 0 saturated carbocycles. The Hall–Kier alpha value is -2.24. The van der Waals surface area contributed by atoms with E-state index in [1.807, 2.05) is 36.4 Å². The van der Waals surface area contributed by atoms with Crippen LogP contribution in [0.4, 0.5) is 0 Å². The van der Waals surface area contributed by atoms with Crippen LogP contribution in [0.25, 0.3) is 21.9 Å². The highest BCUT2D eigenvalue weighted by Gasteiger charge is 2.02. The van der Waals surface area contributed by atoms with E-state index in [9.17, 15) is 0 Å². The van der Waals surface area contributed by atoms with Crippen LogP contribution in [0.2, 0.25) is 0 Å². The maximum absolute atomic E-state index is 8.81. The van der Waals surface area contributed by atoms with Gasteiger partial charge in [0, 0.05) is 4.90 Å². The van der Waals surface area contributed by atoms with Gasteiger partial charge in [-0.1, -0.05) is 36.4 Å². The highest BCUT2D eigenvalue weighted by molar-refractivity contribution is 7.80. The van der Waals surface area contributed by atoms with Crippen molar-refractivity contribution in [3.8, 4) is 17.2 Å². The molecular formula is C17H11NS. The lowest BCUT2D eigenvalue weighted by atomic mass is 10.0. The van der Waals surface area contributed by atoms with E-state index in [1.165, 1.54) is 5.39 Å². The Balaban J connectivity index is 2.12. The quantitative estimate of drug-likeness (QED) is 0.632. The summed E-state index contributed by atoms with van der Waals surface area (Å²) in [5, 5.41) is 11.1. The molecule has 3 aromatic carbocycles. The Morgan fingerprint density at radius 2 is 1.58 bits per heavy atom. The summed E-state index contributed by atoms with van der Waals surface area (Å²) in [7, 11) is 0. The SMILES string of the molecule is N#Cc1ccc(-c2ccc3c(S)cccc3c2)cc1. The molecule has 0 fully saturated rings. The summed E-state index contributed by atoms with van der Waals surface area (Å²) in [5.74, 6) is 0. The number of nitriles is 1. The molecule has 0 amide bonds. The van der Waals surface area contributed by atoms with Crippen molar-refractivity contribution in [2.45, 2.75) is 4.90 Å². The van der Waals surface area contributed by atoms with Crippen LogP contribution in [0.5, 0.6) is 0 Å². The third-order valence-corrected chi connectivity index (χ3v) is 3.59. The normalized spacial score (nSPS) is 10.3. The first-order valence-electron chi connectivity index (χ1n) is 6.00. The number of thiol groups is 1. The monoisotopic (exact) mass is 261 g/mol. The first kappa shape index (κ1) is 11.8. The molecule has 0 spiro atoms. The summed E-state index contributed by atoms with van der Waals surface area (Å²) >= 11 is 4.46. The summed E-state index contributed by atoms with van der Waals surface area (Å²) in [6.07, 6.45) is 0. The smallest absolute Gasteiger partial charge is 0.0991 e. The number of nitrogens with zero attached hydrogens (tertiary/aromatic N) is 1. The molecule has 90 valence electrons. The maximum atomic E-state index is 8.81. The molecule has 0 saturated heterocycles. The summed E-state index contributed by atoms with van der Waals surface area (Å²) in [5.41, 5.74) is 2.95. The van der Waals surface area contributed by atoms with Crippen molar-refractivity contribution in [1.29, 1.82) is 5.26 Å². The van der Waals surface area contributed by atoms with E-state index in [2.05, 4.69) is 43.0 Å². The molecule has 0 aliphatic rings. The van der Waals surface area contributed by atoms with Crippen LogP contribution in [-0.2, 0) is 0 Å². The molecule has 0 atom stereocenters. The third kappa shape index (κ3) is 2.21. The van der Waals surface area contributed by atoms with Crippen molar-refractivity contribution in [1.82, 2.24) is 0 Å². The molecule has 0 aromatic heterocycles. The Bertz CT molecular complexity index is 782. The number of rotatable bonds is 1. The molecule has 2 heteroatoms. The Morgan fingerprint density at radius 3 is 2.32 bits per heavy atom. The molecular weight excluding hydrogens is 250 g/mol. The van der Waals surface area contributed by atoms with Gasteiger partial charge < -0.3 is 0 Å². The molecule has 3 aromatic rings. The van der Waals surface area contributed by atoms with Gasteiger partial charge in [0.25, 0.3) is 0 Å². The minimum absolute atomic E-state index is 0.683. The highest BCUT2D eigenvalue weighted by atomic mass is 32.1. The molecule has 0 aliphatic carbocycles. The summed E-state index contributed by atoms with van der Waals surface area (Å²) < 4.78 is 0. The van der Waals surface area contributed by atoms with Crippen LogP contribution in [-0.4, -0.2) is 0 Å². The number of benzene rings is 3. The molecule has 19 heavy (non-hydrogen) atoms. The van der Waals surface area contributed by atoms with E-state index in [4.69, 9.17) is 5.26 Å². The van der Waals surface area contributed by atoms with E-state index in [-0.39, 0.29) is 0 Å². The first-order valence-corrected chi connectivity index (χ1v) is 6.45. The topological polar surface area (TPSA) is 23.8 Å². The fourth-order valence-corrected chi connectivity index (χ4v) is 2.47. The van der Waals surface area contributed by atoms with Crippen LogP contribution in [0.15, 0.2) is 65.6 Å². The van der Waals surface area contributed by atoms with Gasteiger partial charge >= 0.3 is 0 Å². The van der Waals surface area contributed by atoms with Crippen molar-refractivity contribution in [3.05, 3.63) is 66.2 Å². The van der Waals surface area contributed by atoms with Gasteiger partial charge in [0.1, 0.15) is 0 Å². The van der Waals surface area contributed by atoms with Gasteiger partial charge in [0.15, 0.2) is 0 Å². The van der Waals surface area contributed by atoms with E-state index >= 15 is 0 Å². The summed E-state index contributed by atoms with van der Waals surface area (Å²) in [6.45, 7) is 0. The lowest BCUT2D eigenvalue weighted by molar-refractivity contribution is 1.48. The van der Waals surface area contributed by atoms with Crippen LogP contribution in [0.1, 0.15) is 5.56 Å². The third-order valence-electron chi connectivity index (χ3n) is 3.20. The molecule has 0 N–H and O–H groups in total. The second kappa shape index (κ2) is 4.79. The van der Waals surface area contributed by atoms with Gasteiger partial charge in [-0.25, -0.2) is 0 Å². The van der Waals surface area contributed by atoms with Gasteiger partial charge in [-0.2, -0.15) is 5.26 Å². The van der Waals surface area contributed by atoms with Crippen LogP contribution in [0.3, 0.4) is 0 Å². The van der Waals surface area contributed by atoms with Crippen LogP contribution >= 0.6 is 12.6 Å². The van der Waals surface area contributed by atoms with Crippen molar-refractivity contribution in [2.75, 3.05) is 0 Å². The maximum Gasteiger partial charge on any atom is 0.0991 e. The standard InChI is InChI=1S/C17H11NS/c18-11-12-4-6-13(7-5-12)14-8-9-16-15(10-14)2-1-3-17(16)19/h1-10,19H. The first-order chi connectivity index (χ1) is 9.28. The molecule has 3 rings (SSSR count).